The molecule has 3 nitrogen and oxygen atoms in total. The molecule has 0 fully saturated rings. The first-order valence-electron chi connectivity index (χ1n) is 5.36. The molecule has 0 unspecified atom stereocenters. The lowest BCUT2D eigenvalue weighted by atomic mass is 10.2. The molecular weight excluding hydrogens is 305 g/mol. The third-order valence-electron chi connectivity index (χ3n) is 2.25. The zero-order valence-corrected chi connectivity index (χ0v) is 12.0. The lowest BCUT2D eigenvalue weighted by Gasteiger charge is -2.09. The number of alkyl halides is 1. The normalized spacial score (nSPS) is 10.1. The molecule has 1 rings (SSSR count). The molecule has 1 amide bonds. The minimum atomic E-state index is -0.131. The smallest absolute Gasteiger partial charge is 0.255 e. The number of carbonyl (C=O) groups is 1. The van der Waals surface area contributed by atoms with Crippen LogP contribution in [0.25, 0.3) is 0 Å². The van der Waals surface area contributed by atoms with Crippen LogP contribution >= 0.6 is 27.5 Å². The molecule has 0 aliphatic heterocycles. The van der Waals surface area contributed by atoms with Gasteiger partial charge >= 0.3 is 0 Å². The summed E-state index contributed by atoms with van der Waals surface area (Å²) < 4.78 is 5.12. The highest BCUT2D eigenvalue weighted by Gasteiger charge is 2.11. The van der Waals surface area contributed by atoms with E-state index in [2.05, 4.69) is 21.2 Å². The molecule has 0 saturated carbocycles. The summed E-state index contributed by atoms with van der Waals surface area (Å²) >= 11 is 9.17. The number of unbranched alkanes of at least 4 members (excludes halogenated alkanes) is 1. The first-order chi connectivity index (χ1) is 8.19. The Kier molecular flexibility index (Phi) is 6.37. The fourth-order valence-electron chi connectivity index (χ4n) is 1.37. The third kappa shape index (κ3) is 4.56. The average molecular weight is 321 g/mol. The molecule has 0 aromatic heterocycles. The molecule has 1 aromatic carbocycles. The van der Waals surface area contributed by atoms with Crippen molar-refractivity contribution >= 4 is 33.4 Å². The number of hydrogen-bond acceptors (Lipinski definition) is 2. The number of methoxy groups -OCH3 is 1. The van der Waals surface area contributed by atoms with E-state index in [1.165, 1.54) is 7.11 Å². The van der Waals surface area contributed by atoms with Gasteiger partial charge in [0.25, 0.3) is 5.91 Å². The summed E-state index contributed by atoms with van der Waals surface area (Å²) in [6.45, 7) is 0.663. The Morgan fingerprint density at radius 3 is 2.88 bits per heavy atom. The van der Waals surface area contributed by atoms with E-state index in [0.29, 0.717) is 22.9 Å². The largest absolute Gasteiger partial charge is 0.496 e. The fourth-order valence-corrected chi connectivity index (χ4v) is 1.93. The monoisotopic (exact) mass is 319 g/mol. The summed E-state index contributed by atoms with van der Waals surface area (Å²) in [5.41, 5.74) is 0.510. The van der Waals surface area contributed by atoms with E-state index in [-0.39, 0.29) is 5.91 Å². The van der Waals surface area contributed by atoms with Gasteiger partial charge in [0.1, 0.15) is 5.75 Å². The second-order valence-corrected chi connectivity index (χ2v) is 4.73. The number of nitrogens with one attached hydrogen (secondary N) is 1. The summed E-state index contributed by atoms with van der Waals surface area (Å²) in [5, 5.41) is 4.35. The van der Waals surface area contributed by atoms with Crippen LogP contribution in [0.4, 0.5) is 0 Å². The van der Waals surface area contributed by atoms with E-state index < -0.39 is 0 Å². The van der Waals surface area contributed by atoms with E-state index in [9.17, 15) is 4.79 Å². The molecule has 0 aliphatic carbocycles. The second kappa shape index (κ2) is 7.56. The van der Waals surface area contributed by atoms with Gasteiger partial charge in [-0.1, -0.05) is 27.5 Å². The number of rotatable bonds is 6. The zero-order valence-electron chi connectivity index (χ0n) is 9.63. The van der Waals surface area contributed by atoms with E-state index in [4.69, 9.17) is 16.3 Å². The Balaban J connectivity index is 2.62. The summed E-state index contributed by atoms with van der Waals surface area (Å²) in [4.78, 5) is 11.9. The SMILES string of the molecule is COc1cc(Cl)ccc1C(=O)NCCCCBr. The van der Waals surface area contributed by atoms with Crippen LogP contribution in [0.1, 0.15) is 23.2 Å². The van der Waals surface area contributed by atoms with Gasteiger partial charge in [-0.2, -0.15) is 0 Å². The topological polar surface area (TPSA) is 38.3 Å². The molecule has 5 heteroatoms. The molecule has 0 radical (unpaired) electrons. The van der Waals surface area contributed by atoms with E-state index in [0.717, 1.165) is 18.2 Å². The lowest BCUT2D eigenvalue weighted by Crippen LogP contribution is -2.24. The number of halogens is 2. The van der Waals surface area contributed by atoms with Crippen LogP contribution < -0.4 is 10.1 Å². The summed E-state index contributed by atoms with van der Waals surface area (Å²) in [7, 11) is 1.52. The van der Waals surface area contributed by atoms with Gasteiger partial charge in [-0.05, 0) is 31.0 Å². The molecule has 0 aliphatic rings. The molecule has 0 bridgehead atoms. The van der Waals surface area contributed by atoms with Crippen LogP contribution in [-0.2, 0) is 0 Å². The zero-order chi connectivity index (χ0) is 12.7. The maximum absolute atomic E-state index is 11.9. The molecule has 17 heavy (non-hydrogen) atoms. The fraction of sp³-hybridized carbons (Fsp3) is 0.417. The Hall–Kier alpha value is -0.740. The number of ether oxygens (including phenoxy) is 1. The van der Waals surface area contributed by atoms with Crippen LogP contribution in [0, 0.1) is 0 Å². The van der Waals surface area contributed by atoms with Gasteiger partial charge in [0, 0.05) is 16.9 Å². The van der Waals surface area contributed by atoms with Crippen LogP contribution in [0.2, 0.25) is 5.02 Å². The summed E-state index contributed by atoms with van der Waals surface area (Å²) in [5.74, 6) is 0.364. The molecule has 0 spiro atoms. The lowest BCUT2D eigenvalue weighted by molar-refractivity contribution is 0.0950. The minimum absolute atomic E-state index is 0.131. The van der Waals surface area contributed by atoms with Gasteiger partial charge in [0.05, 0.1) is 12.7 Å². The summed E-state index contributed by atoms with van der Waals surface area (Å²) in [6.07, 6.45) is 1.99. The average Bonchev–Trinajstić information content (AvgIpc) is 2.34. The number of benzene rings is 1. The van der Waals surface area contributed by atoms with Crippen molar-refractivity contribution in [1.82, 2.24) is 5.32 Å². The molecule has 1 aromatic rings. The molecule has 94 valence electrons. The van der Waals surface area contributed by atoms with Gasteiger partial charge in [-0.25, -0.2) is 0 Å². The molecule has 0 heterocycles. The Labute approximate surface area is 115 Å². The highest BCUT2D eigenvalue weighted by molar-refractivity contribution is 9.09. The van der Waals surface area contributed by atoms with Gasteiger partial charge in [0.15, 0.2) is 0 Å². The van der Waals surface area contributed by atoms with E-state index in [1.807, 2.05) is 0 Å². The standard InChI is InChI=1S/C12H15BrClNO2/c1-17-11-8-9(14)4-5-10(11)12(16)15-7-3-2-6-13/h4-5,8H,2-3,6-7H2,1H3,(H,15,16). The quantitative estimate of drug-likeness (QED) is 0.645. The highest BCUT2D eigenvalue weighted by atomic mass is 79.9. The Bertz CT molecular complexity index is 385. The first kappa shape index (κ1) is 14.3. The summed E-state index contributed by atoms with van der Waals surface area (Å²) in [6, 6.07) is 4.98. The number of carbonyl (C=O) groups excluding carboxylic acids is 1. The van der Waals surface area contributed by atoms with E-state index in [1.54, 1.807) is 18.2 Å². The number of amides is 1. The number of hydrogen-bond donors (Lipinski definition) is 1. The molecular formula is C12H15BrClNO2. The van der Waals surface area contributed by atoms with Crippen molar-refractivity contribution < 1.29 is 9.53 Å². The maximum atomic E-state index is 11.9. The van der Waals surface area contributed by atoms with Crippen molar-refractivity contribution in [3.8, 4) is 5.75 Å². The van der Waals surface area contributed by atoms with Gasteiger partial charge < -0.3 is 10.1 Å². The van der Waals surface area contributed by atoms with Crippen molar-refractivity contribution in [3.63, 3.8) is 0 Å². The first-order valence-corrected chi connectivity index (χ1v) is 6.86. The van der Waals surface area contributed by atoms with Gasteiger partial charge in [0.2, 0.25) is 0 Å². The predicted octanol–water partition coefficient (Wildman–Crippen LogP) is 3.25. The molecule has 0 saturated heterocycles. The third-order valence-corrected chi connectivity index (χ3v) is 3.05. The van der Waals surface area contributed by atoms with Crippen molar-refractivity contribution in [3.05, 3.63) is 28.8 Å². The molecule has 1 N–H and O–H groups in total. The molecule has 0 atom stereocenters. The highest BCUT2D eigenvalue weighted by Crippen LogP contribution is 2.22. The van der Waals surface area contributed by atoms with Crippen LogP contribution in [-0.4, -0.2) is 24.9 Å². The Morgan fingerprint density at radius 2 is 2.24 bits per heavy atom. The minimum Gasteiger partial charge on any atom is -0.496 e. The van der Waals surface area contributed by atoms with Gasteiger partial charge in [-0.3, -0.25) is 4.79 Å². The van der Waals surface area contributed by atoms with Crippen molar-refractivity contribution in [2.45, 2.75) is 12.8 Å². The van der Waals surface area contributed by atoms with Crippen LogP contribution in [0.15, 0.2) is 18.2 Å². The van der Waals surface area contributed by atoms with E-state index >= 15 is 0 Å². The Morgan fingerprint density at radius 1 is 1.47 bits per heavy atom. The maximum Gasteiger partial charge on any atom is 0.255 e. The van der Waals surface area contributed by atoms with Crippen LogP contribution in [0.3, 0.4) is 0 Å². The van der Waals surface area contributed by atoms with Gasteiger partial charge in [-0.15, -0.1) is 0 Å². The predicted molar refractivity (Wildman–Crippen MR) is 73.4 cm³/mol. The van der Waals surface area contributed by atoms with Crippen molar-refractivity contribution in [1.29, 1.82) is 0 Å². The van der Waals surface area contributed by atoms with Crippen molar-refractivity contribution in [2.75, 3.05) is 19.0 Å². The second-order valence-electron chi connectivity index (χ2n) is 3.50. The van der Waals surface area contributed by atoms with Crippen LogP contribution in [0.5, 0.6) is 5.75 Å². The van der Waals surface area contributed by atoms with Crippen molar-refractivity contribution in [2.24, 2.45) is 0 Å².